The normalized spacial score (nSPS) is 11.6. The lowest BCUT2D eigenvalue weighted by molar-refractivity contribution is 0.0949. The van der Waals surface area contributed by atoms with Crippen LogP contribution in [0.1, 0.15) is 16.1 Å². The molecule has 4 aromatic rings. The van der Waals surface area contributed by atoms with Gasteiger partial charge in [0.2, 0.25) is 10.0 Å². The van der Waals surface area contributed by atoms with E-state index in [1.807, 2.05) is 47.8 Å². The van der Waals surface area contributed by atoms with Gasteiger partial charge in [-0.2, -0.15) is 10.2 Å². The highest BCUT2D eigenvalue weighted by atomic mass is 32.2. The first-order valence-electron chi connectivity index (χ1n) is 9.07. The van der Waals surface area contributed by atoms with Crippen molar-refractivity contribution >= 4 is 33.5 Å². The second kappa shape index (κ2) is 8.64. The van der Waals surface area contributed by atoms with Crippen molar-refractivity contribution in [1.29, 1.82) is 0 Å². The zero-order valence-corrected chi connectivity index (χ0v) is 17.7. The first-order chi connectivity index (χ1) is 14.9. The number of hydrogen-bond donors (Lipinski definition) is 2. The SMILES string of the molecule is NS(=O)(=O)c1ccc(-n2nc(C(=O)N/N=C\c3ccccc3)cc2-c2cccs2)cc1. The molecule has 2 aromatic heterocycles. The Morgan fingerprint density at radius 1 is 1.06 bits per heavy atom. The summed E-state index contributed by atoms with van der Waals surface area (Å²) in [5.41, 5.74) is 4.77. The van der Waals surface area contributed by atoms with Crippen LogP contribution in [0, 0.1) is 0 Å². The molecule has 0 unspecified atom stereocenters. The molecule has 0 aliphatic heterocycles. The molecule has 0 aliphatic carbocycles. The molecule has 0 atom stereocenters. The second-order valence-electron chi connectivity index (χ2n) is 6.45. The number of nitrogens with two attached hydrogens (primary N) is 1. The molecule has 0 saturated heterocycles. The third-order valence-corrected chi connectivity index (χ3v) is 6.13. The summed E-state index contributed by atoms with van der Waals surface area (Å²) in [7, 11) is -3.80. The van der Waals surface area contributed by atoms with Gasteiger partial charge in [-0.25, -0.2) is 23.7 Å². The summed E-state index contributed by atoms with van der Waals surface area (Å²) < 4.78 is 24.6. The number of rotatable bonds is 6. The maximum absolute atomic E-state index is 12.6. The zero-order chi connectivity index (χ0) is 21.8. The van der Waals surface area contributed by atoms with E-state index in [4.69, 9.17) is 5.14 Å². The molecule has 2 aromatic carbocycles. The Kier molecular flexibility index (Phi) is 5.76. The molecule has 0 bridgehead atoms. The van der Waals surface area contributed by atoms with Crippen LogP contribution in [-0.4, -0.2) is 30.3 Å². The Labute approximate surface area is 182 Å². The lowest BCUT2D eigenvalue weighted by atomic mass is 10.2. The van der Waals surface area contributed by atoms with E-state index in [1.54, 1.807) is 29.1 Å². The average molecular weight is 452 g/mol. The van der Waals surface area contributed by atoms with Gasteiger partial charge in [-0.05, 0) is 47.3 Å². The molecule has 156 valence electrons. The fraction of sp³-hybridized carbons (Fsp3) is 0. The number of benzene rings is 2. The third-order valence-electron chi connectivity index (χ3n) is 4.30. The molecule has 31 heavy (non-hydrogen) atoms. The van der Waals surface area contributed by atoms with Gasteiger partial charge in [0.05, 0.1) is 27.4 Å². The number of hydrogen-bond acceptors (Lipinski definition) is 6. The maximum atomic E-state index is 12.6. The third kappa shape index (κ3) is 4.77. The van der Waals surface area contributed by atoms with Crippen LogP contribution >= 0.6 is 11.3 Å². The monoisotopic (exact) mass is 451 g/mol. The molecule has 0 fully saturated rings. The summed E-state index contributed by atoms with van der Waals surface area (Å²) in [6, 6.07) is 20.8. The molecule has 0 aliphatic rings. The molecule has 0 spiro atoms. The van der Waals surface area contributed by atoms with E-state index in [0.717, 1.165) is 10.4 Å². The largest absolute Gasteiger partial charge is 0.291 e. The van der Waals surface area contributed by atoms with Crippen LogP contribution in [0.4, 0.5) is 0 Å². The van der Waals surface area contributed by atoms with Gasteiger partial charge >= 0.3 is 0 Å². The van der Waals surface area contributed by atoms with Gasteiger partial charge in [0, 0.05) is 0 Å². The molecule has 4 rings (SSSR count). The molecule has 3 N–H and O–H groups in total. The summed E-state index contributed by atoms with van der Waals surface area (Å²) in [6.07, 6.45) is 1.54. The molecular formula is C21H17N5O3S2. The maximum Gasteiger partial charge on any atom is 0.291 e. The lowest BCUT2D eigenvalue weighted by Gasteiger charge is -2.07. The molecule has 0 radical (unpaired) electrons. The topological polar surface area (TPSA) is 119 Å². The molecule has 0 saturated carbocycles. The number of primary sulfonamides is 1. The second-order valence-corrected chi connectivity index (χ2v) is 8.96. The number of nitrogens with zero attached hydrogens (tertiary/aromatic N) is 3. The van der Waals surface area contributed by atoms with Gasteiger partial charge in [0.15, 0.2) is 5.69 Å². The fourth-order valence-corrected chi connectivity index (χ4v) is 4.07. The number of hydrazone groups is 1. The number of aromatic nitrogens is 2. The molecule has 10 heteroatoms. The van der Waals surface area contributed by atoms with Crippen LogP contribution < -0.4 is 10.6 Å². The minimum absolute atomic E-state index is 0.00528. The van der Waals surface area contributed by atoms with E-state index in [9.17, 15) is 13.2 Å². The van der Waals surface area contributed by atoms with Crippen molar-refractivity contribution in [2.75, 3.05) is 0 Å². The summed E-state index contributed by atoms with van der Waals surface area (Å²) in [5, 5.41) is 15.5. The van der Waals surface area contributed by atoms with Crippen molar-refractivity contribution in [2.45, 2.75) is 4.90 Å². The van der Waals surface area contributed by atoms with Crippen LogP contribution in [-0.2, 0) is 10.0 Å². The van der Waals surface area contributed by atoms with Crippen molar-refractivity contribution < 1.29 is 13.2 Å². The molecule has 8 nitrogen and oxygen atoms in total. The van der Waals surface area contributed by atoms with Crippen LogP contribution in [0.15, 0.2) is 88.2 Å². The average Bonchev–Trinajstić information content (AvgIpc) is 3.44. The number of nitrogens with one attached hydrogen (secondary N) is 1. The summed E-state index contributed by atoms with van der Waals surface area (Å²) >= 11 is 1.49. The number of sulfonamides is 1. The van der Waals surface area contributed by atoms with E-state index >= 15 is 0 Å². The smallest absolute Gasteiger partial charge is 0.265 e. The van der Waals surface area contributed by atoms with E-state index in [1.165, 1.54) is 23.5 Å². The van der Waals surface area contributed by atoms with Gasteiger partial charge in [-0.1, -0.05) is 36.4 Å². The first-order valence-corrected chi connectivity index (χ1v) is 11.5. The van der Waals surface area contributed by atoms with Crippen molar-refractivity contribution in [3.05, 3.63) is 89.4 Å². The van der Waals surface area contributed by atoms with Crippen molar-refractivity contribution in [2.24, 2.45) is 10.2 Å². The molecule has 1 amide bonds. The standard InChI is InChI=1S/C21H17N5O3S2/c22-31(28,29)17-10-8-16(9-11-17)26-19(20-7-4-12-30-20)13-18(25-26)21(27)24-23-14-15-5-2-1-3-6-15/h1-14H,(H,24,27)(H2,22,28,29)/b23-14-. The molecule has 2 heterocycles. The minimum Gasteiger partial charge on any atom is -0.265 e. The Bertz CT molecular complexity index is 1330. The van der Waals surface area contributed by atoms with E-state index in [-0.39, 0.29) is 10.6 Å². The first kappa shape index (κ1) is 20.7. The number of carbonyl (C=O) groups excluding carboxylic acids is 1. The Hall–Kier alpha value is -3.60. The van der Waals surface area contributed by atoms with Gasteiger partial charge in [-0.15, -0.1) is 11.3 Å². The van der Waals surface area contributed by atoms with E-state index in [0.29, 0.717) is 11.4 Å². The zero-order valence-electron chi connectivity index (χ0n) is 16.0. The minimum atomic E-state index is -3.80. The quantitative estimate of drug-likeness (QED) is 0.346. The number of thiophene rings is 1. The summed E-state index contributed by atoms with van der Waals surface area (Å²) in [6.45, 7) is 0. The number of carbonyl (C=O) groups is 1. The number of amides is 1. The van der Waals surface area contributed by atoms with Crippen LogP contribution in [0.2, 0.25) is 0 Å². The highest BCUT2D eigenvalue weighted by Gasteiger charge is 2.18. The van der Waals surface area contributed by atoms with Crippen LogP contribution in [0.25, 0.3) is 16.3 Å². The van der Waals surface area contributed by atoms with Gasteiger partial charge in [0.25, 0.3) is 5.91 Å². The Balaban J connectivity index is 1.64. The van der Waals surface area contributed by atoms with E-state index in [2.05, 4.69) is 15.6 Å². The van der Waals surface area contributed by atoms with Gasteiger partial charge in [0.1, 0.15) is 0 Å². The van der Waals surface area contributed by atoms with Crippen molar-refractivity contribution in [3.8, 4) is 16.3 Å². The summed E-state index contributed by atoms with van der Waals surface area (Å²) in [5.74, 6) is -0.468. The Morgan fingerprint density at radius 3 is 2.45 bits per heavy atom. The van der Waals surface area contributed by atoms with E-state index < -0.39 is 15.9 Å². The highest BCUT2D eigenvalue weighted by molar-refractivity contribution is 7.89. The van der Waals surface area contributed by atoms with Crippen LogP contribution in [0.3, 0.4) is 0 Å². The van der Waals surface area contributed by atoms with Crippen LogP contribution in [0.5, 0.6) is 0 Å². The highest BCUT2D eigenvalue weighted by Crippen LogP contribution is 2.28. The Morgan fingerprint density at radius 2 is 1.81 bits per heavy atom. The predicted octanol–water partition coefficient (Wildman–Crippen LogP) is 3.01. The fourth-order valence-electron chi connectivity index (χ4n) is 2.83. The summed E-state index contributed by atoms with van der Waals surface area (Å²) in [4.78, 5) is 13.5. The van der Waals surface area contributed by atoms with Gasteiger partial charge < -0.3 is 0 Å². The lowest BCUT2D eigenvalue weighted by Crippen LogP contribution is -2.18. The molecular weight excluding hydrogens is 434 g/mol. The van der Waals surface area contributed by atoms with Crippen molar-refractivity contribution in [3.63, 3.8) is 0 Å². The van der Waals surface area contributed by atoms with Crippen molar-refractivity contribution in [1.82, 2.24) is 15.2 Å². The van der Waals surface area contributed by atoms with Gasteiger partial charge in [-0.3, -0.25) is 4.79 Å². The predicted molar refractivity (Wildman–Crippen MR) is 120 cm³/mol.